The summed E-state index contributed by atoms with van der Waals surface area (Å²) in [5.41, 5.74) is 1.91. The van der Waals surface area contributed by atoms with Gasteiger partial charge in [-0.1, -0.05) is 19.9 Å². The van der Waals surface area contributed by atoms with Crippen molar-refractivity contribution in [2.75, 3.05) is 0 Å². The van der Waals surface area contributed by atoms with Crippen LogP contribution in [-0.4, -0.2) is 20.8 Å². The first-order chi connectivity index (χ1) is 9.56. The van der Waals surface area contributed by atoms with Crippen LogP contribution in [0.15, 0.2) is 30.6 Å². The average molecular weight is 271 g/mol. The summed E-state index contributed by atoms with van der Waals surface area (Å²) in [5, 5.41) is 3.20. The number of nitrogens with one attached hydrogen (secondary N) is 1. The van der Waals surface area contributed by atoms with Gasteiger partial charge in [0, 0.05) is 30.8 Å². The van der Waals surface area contributed by atoms with Crippen LogP contribution in [0.2, 0.25) is 0 Å². The van der Waals surface area contributed by atoms with Gasteiger partial charge >= 0.3 is 0 Å². The summed E-state index contributed by atoms with van der Waals surface area (Å²) in [4.78, 5) is 16.3. The summed E-state index contributed by atoms with van der Waals surface area (Å²) in [7, 11) is 0. The topological polar surface area (TPSA) is 46.4 Å². The standard InChI is InChI=1S/C16H21N3O/c1-12(2)9-16(7-6-15(20)18-16)10-13-11-19-8-4-3-5-14(19)17-13/h3-5,8,11-12H,6-7,9-10H2,1-2H3,(H,18,20). The predicted molar refractivity (Wildman–Crippen MR) is 78.5 cm³/mol. The van der Waals surface area contributed by atoms with E-state index < -0.39 is 0 Å². The van der Waals surface area contributed by atoms with Gasteiger partial charge in [-0.25, -0.2) is 4.98 Å². The fraction of sp³-hybridized carbons (Fsp3) is 0.500. The Balaban J connectivity index is 1.87. The second-order valence-electron chi connectivity index (χ2n) is 6.30. The molecule has 1 atom stereocenters. The van der Waals surface area contributed by atoms with Crippen molar-refractivity contribution < 1.29 is 4.79 Å². The number of nitrogens with zero attached hydrogens (tertiary/aromatic N) is 2. The summed E-state index contributed by atoms with van der Waals surface area (Å²) in [6, 6.07) is 6.00. The monoisotopic (exact) mass is 271 g/mol. The second-order valence-corrected chi connectivity index (χ2v) is 6.30. The second kappa shape index (κ2) is 4.93. The first-order valence-corrected chi connectivity index (χ1v) is 7.30. The molecule has 1 N–H and O–H groups in total. The molecule has 1 unspecified atom stereocenters. The molecule has 4 nitrogen and oxygen atoms in total. The normalized spacial score (nSPS) is 22.6. The lowest BCUT2D eigenvalue weighted by Crippen LogP contribution is -2.44. The highest BCUT2D eigenvalue weighted by Crippen LogP contribution is 2.31. The van der Waals surface area contributed by atoms with E-state index in [0.717, 1.165) is 30.6 Å². The highest BCUT2D eigenvalue weighted by molar-refractivity contribution is 5.79. The van der Waals surface area contributed by atoms with Gasteiger partial charge in [0.25, 0.3) is 0 Å². The lowest BCUT2D eigenvalue weighted by atomic mass is 9.83. The molecule has 0 aliphatic carbocycles. The Morgan fingerprint density at radius 1 is 1.45 bits per heavy atom. The number of amides is 1. The molecule has 1 saturated heterocycles. The molecule has 3 heterocycles. The zero-order valence-corrected chi connectivity index (χ0v) is 12.1. The molecule has 1 aliphatic rings. The molecule has 0 spiro atoms. The van der Waals surface area contributed by atoms with Gasteiger partial charge in [-0.2, -0.15) is 0 Å². The van der Waals surface area contributed by atoms with Gasteiger partial charge < -0.3 is 9.72 Å². The number of carbonyl (C=O) groups is 1. The summed E-state index contributed by atoms with van der Waals surface area (Å²) in [5.74, 6) is 0.736. The van der Waals surface area contributed by atoms with E-state index in [1.807, 2.05) is 28.8 Å². The minimum Gasteiger partial charge on any atom is -0.350 e. The Morgan fingerprint density at radius 2 is 2.30 bits per heavy atom. The lowest BCUT2D eigenvalue weighted by molar-refractivity contribution is -0.119. The van der Waals surface area contributed by atoms with Crippen molar-refractivity contribution in [2.24, 2.45) is 5.92 Å². The van der Waals surface area contributed by atoms with Crippen molar-refractivity contribution in [3.05, 3.63) is 36.3 Å². The van der Waals surface area contributed by atoms with E-state index in [1.165, 1.54) is 0 Å². The zero-order valence-electron chi connectivity index (χ0n) is 12.1. The number of imidazole rings is 1. The van der Waals surface area contributed by atoms with E-state index in [0.29, 0.717) is 12.3 Å². The molecule has 1 fully saturated rings. The van der Waals surface area contributed by atoms with Crippen LogP contribution in [0.3, 0.4) is 0 Å². The molecule has 1 aliphatic heterocycles. The third-order valence-corrected chi connectivity index (χ3v) is 3.97. The van der Waals surface area contributed by atoms with E-state index in [4.69, 9.17) is 0 Å². The summed E-state index contributed by atoms with van der Waals surface area (Å²) < 4.78 is 2.04. The number of pyridine rings is 1. The maximum absolute atomic E-state index is 11.7. The van der Waals surface area contributed by atoms with Gasteiger partial charge in [-0.3, -0.25) is 4.79 Å². The zero-order chi connectivity index (χ0) is 14.2. The smallest absolute Gasteiger partial charge is 0.220 e. The summed E-state index contributed by atoms with van der Waals surface area (Å²) >= 11 is 0. The molecule has 0 bridgehead atoms. The fourth-order valence-electron chi connectivity index (χ4n) is 3.33. The van der Waals surface area contributed by atoms with E-state index in [9.17, 15) is 4.79 Å². The molecule has 3 rings (SSSR count). The van der Waals surface area contributed by atoms with Crippen LogP contribution in [0, 0.1) is 5.92 Å². The van der Waals surface area contributed by atoms with Crippen LogP contribution in [-0.2, 0) is 11.2 Å². The molecule has 4 heteroatoms. The number of hydrogen-bond acceptors (Lipinski definition) is 2. The van der Waals surface area contributed by atoms with Crippen molar-refractivity contribution in [3.8, 4) is 0 Å². The van der Waals surface area contributed by atoms with E-state index in [-0.39, 0.29) is 11.4 Å². The quantitative estimate of drug-likeness (QED) is 0.929. The highest BCUT2D eigenvalue weighted by Gasteiger charge is 2.38. The molecule has 2 aromatic heterocycles. The fourth-order valence-corrected chi connectivity index (χ4v) is 3.33. The van der Waals surface area contributed by atoms with Gasteiger partial charge in [0.05, 0.1) is 5.69 Å². The van der Waals surface area contributed by atoms with Crippen molar-refractivity contribution in [1.82, 2.24) is 14.7 Å². The van der Waals surface area contributed by atoms with Gasteiger partial charge in [0.15, 0.2) is 0 Å². The van der Waals surface area contributed by atoms with Crippen LogP contribution in [0.4, 0.5) is 0 Å². The molecule has 0 aromatic carbocycles. The van der Waals surface area contributed by atoms with E-state index in [2.05, 4.69) is 30.3 Å². The lowest BCUT2D eigenvalue weighted by Gasteiger charge is -2.30. The predicted octanol–water partition coefficient (Wildman–Crippen LogP) is 2.57. The van der Waals surface area contributed by atoms with E-state index in [1.54, 1.807) is 0 Å². The number of fused-ring (bicyclic) bond motifs is 1. The maximum Gasteiger partial charge on any atom is 0.220 e. The Hall–Kier alpha value is -1.84. The largest absolute Gasteiger partial charge is 0.350 e. The van der Waals surface area contributed by atoms with Gasteiger partial charge in [-0.15, -0.1) is 0 Å². The van der Waals surface area contributed by atoms with Crippen LogP contribution in [0.25, 0.3) is 5.65 Å². The summed E-state index contributed by atoms with van der Waals surface area (Å²) in [6.45, 7) is 4.41. The summed E-state index contributed by atoms with van der Waals surface area (Å²) in [6.07, 6.45) is 7.46. The molecule has 2 aromatic rings. The Morgan fingerprint density at radius 3 is 2.95 bits per heavy atom. The van der Waals surface area contributed by atoms with Crippen LogP contribution in [0.5, 0.6) is 0 Å². The Bertz CT molecular complexity index is 598. The molecular formula is C16H21N3O. The van der Waals surface area contributed by atoms with Crippen LogP contribution in [0.1, 0.15) is 38.8 Å². The molecule has 1 amide bonds. The first-order valence-electron chi connectivity index (χ1n) is 7.30. The van der Waals surface area contributed by atoms with Crippen LogP contribution < -0.4 is 5.32 Å². The molecular weight excluding hydrogens is 250 g/mol. The van der Waals surface area contributed by atoms with Crippen molar-refractivity contribution in [3.63, 3.8) is 0 Å². The Kier molecular flexibility index (Phi) is 3.24. The molecule has 0 saturated carbocycles. The Labute approximate surface area is 119 Å². The van der Waals surface area contributed by atoms with Crippen molar-refractivity contribution in [1.29, 1.82) is 0 Å². The molecule has 20 heavy (non-hydrogen) atoms. The van der Waals surface area contributed by atoms with Gasteiger partial charge in [-0.05, 0) is 30.9 Å². The first kappa shape index (κ1) is 13.2. The minimum absolute atomic E-state index is 0.108. The van der Waals surface area contributed by atoms with Gasteiger partial charge in [0.2, 0.25) is 5.91 Å². The average Bonchev–Trinajstić information content (AvgIpc) is 2.92. The van der Waals surface area contributed by atoms with Gasteiger partial charge in [0.1, 0.15) is 5.65 Å². The number of rotatable bonds is 4. The SMILES string of the molecule is CC(C)CC1(Cc2cn3ccccc3n2)CCC(=O)N1. The minimum atomic E-state index is -0.108. The highest BCUT2D eigenvalue weighted by atomic mass is 16.2. The molecule has 0 radical (unpaired) electrons. The van der Waals surface area contributed by atoms with Crippen molar-refractivity contribution >= 4 is 11.6 Å². The number of hydrogen-bond donors (Lipinski definition) is 1. The third kappa shape index (κ3) is 2.55. The van der Waals surface area contributed by atoms with Crippen molar-refractivity contribution in [2.45, 2.75) is 45.1 Å². The number of aromatic nitrogens is 2. The number of carbonyl (C=O) groups excluding carboxylic acids is 1. The molecule has 106 valence electrons. The van der Waals surface area contributed by atoms with Crippen LogP contribution >= 0.6 is 0 Å². The maximum atomic E-state index is 11.7. The third-order valence-electron chi connectivity index (χ3n) is 3.97. The van der Waals surface area contributed by atoms with E-state index >= 15 is 0 Å².